The number of hydrogen-bond donors (Lipinski definition) is 2. The van der Waals surface area contributed by atoms with Gasteiger partial charge in [-0.3, -0.25) is 19.2 Å². The van der Waals surface area contributed by atoms with E-state index >= 15 is 0 Å². The molecule has 0 fully saturated rings. The van der Waals surface area contributed by atoms with Crippen LogP contribution in [0.25, 0.3) is 0 Å². The van der Waals surface area contributed by atoms with Gasteiger partial charge in [-0.15, -0.1) is 0 Å². The first kappa shape index (κ1) is 20.1. The van der Waals surface area contributed by atoms with E-state index < -0.39 is 24.3 Å². The topological polar surface area (TPSA) is 111 Å². The van der Waals surface area contributed by atoms with Gasteiger partial charge in [-0.25, -0.2) is 0 Å². The van der Waals surface area contributed by atoms with Gasteiger partial charge in [0, 0.05) is 11.3 Å². The number of carbonyl (C=O) groups is 4. The Morgan fingerprint density at radius 1 is 1.07 bits per heavy atom. The van der Waals surface area contributed by atoms with Crippen LogP contribution >= 0.6 is 0 Å². The SMILES string of the molecule is C[C@H]1C(=O)Nc2ccc(C(=O)COC(=O)CNC(=O)COc3ccccc3)cc21. The van der Waals surface area contributed by atoms with Gasteiger partial charge in [0.2, 0.25) is 5.91 Å². The van der Waals surface area contributed by atoms with Crippen molar-refractivity contribution < 1.29 is 28.7 Å². The maximum atomic E-state index is 12.2. The molecule has 0 aliphatic carbocycles. The minimum Gasteiger partial charge on any atom is -0.484 e. The average molecular weight is 396 g/mol. The lowest BCUT2D eigenvalue weighted by molar-refractivity contribution is -0.143. The van der Waals surface area contributed by atoms with Crippen LogP contribution in [-0.2, 0) is 19.1 Å². The minimum atomic E-state index is -0.738. The molecule has 0 radical (unpaired) electrons. The third-order valence-electron chi connectivity index (χ3n) is 4.40. The normalized spacial score (nSPS) is 14.5. The molecule has 29 heavy (non-hydrogen) atoms. The first-order valence-corrected chi connectivity index (χ1v) is 9.02. The van der Waals surface area contributed by atoms with Crippen molar-refractivity contribution in [3.8, 4) is 5.75 Å². The van der Waals surface area contributed by atoms with Crippen molar-refractivity contribution in [1.29, 1.82) is 0 Å². The molecule has 1 heterocycles. The fourth-order valence-electron chi connectivity index (χ4n) is 2.76. The molecule has 2 aromatic rings. The number of rotatable bonds is 8. The molecule has 1 aliphatic heterocycles. The number of Topliss-reactive ketones (excluding diaryl/α,β-unsaturated/α-hetero) is 1. The second-order valence-electron chi connectivity index (χ2n) is 6.48. The average Bonchev–Trinajstić information content (AvgIpc) is 3.02. The molecule has 2 amide bonds. The Hall–Kier alpha value is -3.68. The third kappa shape index (κ3) is 5.19. The van der Waals surface area contributed by atoms with E-state index in [1.165, 1.54) is 0 Å². The van der Waals surface area contributed by atoms with Crippen molar-refractivity contribution in [3.63, 3.8) is 0 Å². The van der Waals surface area contributed by atoms with Crippen LogP contribution in [0.15, 0.2) is 48.5 Å². The van der Waals surface area contributed by atoms with Crippen molar-refractivity contribution in [1.82, 2.24) is 5.32 Å². The standard InChI is InChI=1S/C21H20N2O6/c1-13-16-9-14(7-8-17(16)23-21(13)27)18(24)11-29-20(26)10-22-19(25)12-28-15-5-3-2-4-6-15/h2-9,13H,10-12H2,1H3,(H,22,25)(H,23,27)/t13-/m1/s1. The zero-order valence-electron chi connectivity index (χ0n) is 15.8. The number of para-hydroxylation sites is 1. The number of amides is 2. The number of fused-ring (bicyclic) bond motifs is 1. The number of benzene rings is 2. The van der Waals surface area contributed by atoms with Crippen molar-refractivity contribution in [2.45, 2.75) is 12.8 Å². The molecule has 150 valence electrons. The summed E-state index contributed by atoms with van der Waals surface area (Å²) in [6.45, 7) is 0.684. The summed E-state index contributed by atoms with van der Waals surface area (Å²) in [5, 5.41) is 5.09. The van der Waals surface area contributed by atoms with Gasteiger partial charge in [0.25, 0.3) is 5.91 Å². The minimum absolute atomic E-state index is 0.122. The Balaban J connectivity index is 1.41. The van der Waals surface area contributed by atoms with Crippen molar-refractivity contribution in [3.05, 3.63) is 59.7 Å². The Kier molecular flexibility index (Phi) is 6.23. The van der Waals surface area contributed by atoms with E-state index in [-0.39, 0.29) is 25.0 Å². The summed E-state index contributed by atoms with van der Waals surface area (Å²) in [5.41, 5.74) is 1.76. The summed E-state index contributed by atoms with van der Waals surface area (Å²) in [6, 6.07) is 13.6. The number of ether oxygens (including phenoxy) is 2. The summed E-state index contributed by atoms with van der Waals surface area (Å²) in [7, 11) is 0. The summed E-state index contributed by atoms with van der Waals surface area (Å²) < 4.78 is 10.2. The van der Waals surface area contributed by atoms with Crippen molar-refractivity contribution in [2.24, 2.45) is 0 Å². The molecular formula is C21H20N2O6. The number of hydrogen-bond acceptors (Lipinski definition) is 6. The maximum Gasteiger partial charge on any atom is 0.325 e. The second kappa shape index (κ2) is 9.01. The number of nitrogens with one attached hydrogen (secondary N) is 2. The lowest BCUT2D eigenvalue weighted by Crippen LogP contribution is -2.34. The van der Waals surface area contributed by atoms with Gasteiger partial charge < -0.3 is 20.1 Å². The van der Waals surface area contributed by atoms with Crippen LogP contribution in [0.3, 0.4) is 0 Å². The molecule has 3 rings (SSSR count). The zero-order valence-corrected chi connectivity index (χ0v) is 15.8. The Labute approximate surface area is 167 Å². The highest BCUT2D eigenvalue weighted by molar-refractivity contribution is 6.05. The first-order valence-electron chi connectivity index (χ1n) is 9.02. The van der Waals surface area contributed by atoms with Crippen LogP contribution in [0.2, 0.25) is 0 Å². The predicted octanol–water partition coefficient (Wildman–Crippen LogP) is 1.66. The number of carbonyl (C=O) groups excluding carboxylic acids is 4. The number of anilines is 1. The van der Waals surface area contributed by atoms with Gasteiger partial charge in [0.05, 0.1) is 5.92 Å². The van der Waals surface area contributed by atoms with Gasteiger partial charge in [-0.1, -0.05) is 18.2 Å². The molecule has 0 aromatic heterocycles. The summed E-state index contributed by atoms with van der Waals surface area (Å²) >= 11 is 0. The van der Waals surface area contributed by atoms with Crippen LogP contribution in [0.5, 0.6) is 5.75 Å². The van der Waals surface area contributed by atoms with E-state index in [2.05, 4.69) is 10.6 Å². The molecule has 8 nitrogen and oxygen atoms in total. The molecule has 0 unspecified atom stereocenters. The lowest BCUT2D eigenvalue weighted by atomic mass is 9.99. The monoisotopic (exact) mass is 396 g/mol. The fourth-order valence-corrected chi connectivity index (χ4v) is 2.76. The Morgan fingerprint density at radius 3 is 2.59 bits per heavy atom. The van der Waals surface area contributed by atoms with E-state index in [1.54, 1.807) is 49.4 Å². The van der Waals surface area contributed by atoms with Gasteiger partial charge in [-0.05, 0) is 42.8 Å². The van der Waals surface area contributed by atoms with Crippen LogP contribution in [0.4, 0.5) is 5.69 Å². The van der Waals surface area contributed by atoms with E-state index in [0.717, 1.165) is 5.56 Å². The van der Waals surface area contributed by atoms with Crippen LogP contribution in [0.1, 0.15) is 28.8 Å². The molecule has 1 atom stereocenters. The van der Waals surface area contributed by atoms with E-state index in [1.807, 2.05) is 6.07 Å². The molecule has 0 bridgehead atoms. The molecule has 0 spiro atoms. The van der Waals surface area contributed by atoms with Gasteiger partial charge >= 0.3 is 5.97 Å². The fraction of sp³-hybridized carbons (Fsp3) is 0.238. The van der Waals surface area contributed by atoms with Gasteiger partial charge in [-0.2, -0.15) is 0 Å². The summed E-state index contributed by atoms with van der Waals surface area (Å²) in [6.07, 6.45) is 0. The summed E-state index contributed by atoms with van der Waals surface area (Å²) in [4.78, 5) is 47.4. The molecule has 2 aromatic carbocycles. The van der Waals surface area contributed by atoms with Crippen LogP contribution < -0.4 is 15.4 Å². The molecular weight excluding hydrogens is 376 g/mol. The number of esters is 1. The Morgan fingerprint density at radius 2 is 1.83 bits per heavy atom. The highest BCUT2D eigenvalue weighted by Gasteiger charge is 2.27. The number of ketones is 1. The van der Waals surface area contributed by atoms with Crippen molar-refractivity contribution in [2.75, 3.05) is 25.1 Å². The molecule has 8 heteroatoms. The summed E-state index contributed by atoms with van der Waals surface area (Å²) in [5.74, 6) is -1.54. The third-order valence-corrected chi connectivity index (χ3v) is 4.40. The maximum absolute atomic E-state index is 12.2. The molecule has 1 aliphatic rings. The molecule has 0 saturated carbocycles. The first-order chi connectivity index (χ1) is 13.9. The quantitative estimate of drug-likeness (QED) is 0.519. The lowest BCUT2D eigenvalue weighted by Gasteiger charge is -2.08. The van der Waals surface area contributed by atoms with Crippen molar-refractivity contribution >= 4 is 29.3 Å². The largest absolute Gasteiger partial charge is 0.484 e. The highest BCUT2D eigenvalue weighted by atomic mass is 16.5. The zero-order chi connectivity index (χ0) is 20.8. The van der Waals surface area contributed by atoms with Crippen LogP contribution in [0, 0.1) is 0 Å². The van der Waals surface area contributed by atoms with E-state index in [4.69, 9.17) is 9.47 Å². The molecule has 0 saturated heterocycles. The predicted molar refractivity (Wildman–Crippen MR) is 104 cm³/mol. The molecule has 2 N–H and O–H groups in total. The second-order valence-corrected chi connectivity index (χ2v) is 6.48. The van der Waals surface area contributed by atoms with Crippen LogP contribution in [-0.4, -0.2) is 43.3 Å². The van der Waals surface area contributed by atoms with Gasteiger partial charge in [0.15, 0.2) is 19.0 Å². The van der Waals surface area contributed by atoms with E-state index in [0.29, 0.717) is 17.0 Å². The van der Waals surface area contributed by atoms with E-state index in [9.17, 15) is 19.2 Å². The van der Waals surface area contributed by atoms with Gasteiger partial charge in [0.1, 0.15) is 12.3 Å². The Bertz CT molecular complexity index is 941. The highest BCUT2D eigenvalue weighted by Crippen LogP contribution is 2.32. The smallest absolute Gasteiger partial charge is 0.325 e.